The van der Waals surface area contributed by atoms with E-state index in [0.717, 1.165) is 17.5 Å². The lowest BCUT2D eigenvalue weighted by atomic mass is 10.0. The highest BCUT2D eigenvalue weighted by molar-refractivity contribution is 7.89. The lowest BCUT2D eigenvalue weighted by molar-refractivity contribution is -0.0909. The molecule has 93 heavy (non-hydrogen) atoms. The normalized spacial score (nSPS) is 22.1. The number of phenolic OH excluding ortho intramolecular Hbond substituents is 1. The van der Waals surface area contributed by atoms with Crippen LogP contribution in [0.25, 0.3) is 0 Å². The molecule has 0 aromatic heterocycles. The van der Waals surface area contributed by atoms with Gasteiger partial charge in [-0.3, -0.25) is 0 Å². The van der Waals surface area contributed by atoms with Crippen molar-refractivity contribution in [1.29, 1.82) is 0 Å². The zero-order valence-electron chi connectivity index (χ0n) is 54.4. The van der Waals surface area contributed by atoms with E-state index in [0.29, 0.717) is 68.0 Å². The van der Waals surface area contributed by atoms with E-state index in [1.165, 1.54) is 51.1 Å². The highest BCUT2D eigenvalue weighted by atomic mass is 32.2. The van der Waals surface area contributed by atoms with E-state index >= 15 is 0 Å². The molecule has 0 bridgehead atoms. The Balaban J connectivity index is 0.000000225. The van der Waals surface area contributed by atoms with Crippen LogP contribution >= 0.6 is 0 Å². The number of rotatable bonds is 28. The van der Waals surface area contributed by atoms with Crippen LogP contribution in [-0.4, -0.2) is 190 Å². The van der Waals surface area contributed by atoms with E-state index in [4.69, 9.17) is 56.5 Å². The third kappa shape index (κ3) is 18.7. The Kier molecular flexibility index (Phi) is 23.9. The maximum Gasteiger partial charge on any atom is 0.407 e. The van der Waals surface area contributed by atoms with Crippen molar-refractivity contribution in [2.24, 2.45) is 23.7 Å². The second-order valence-corrected chi connectivity index (χ2v) is 35.3. The smallest absolute Gasteiger partial charge is 0.407 e. The molecule has 0 saturated carbocycles. The topological polar surface area (TPSA) is 304 Å². The number of aliphatic hydroxyl groups is 2. The van der Waals surface area contributed by atoms with Gasteiger partial charge in [0.25, 0.3) is 0 Å². The fourth-order valence-corrected chi connectivity index (χ4v) is 15.7. The van der Waals surface area contributed by atoms with E-state index < -0.39 is 89.6 Å². The highest BCUT2D eigenvalue weighted by Crippen LogP contribution is 2.39. The van der Waals surface area contributed by atoms with E-state index in [1.54, 1.807) is 18.2 Å². The van der Waals surface area contributed by atoms with Crippen LogP contribution in [0.1, 0.15) is 78.9 Å². The largest absolute Gasteiger partial charge is 0.508 e. The molecule has 0 radical (unpaired) electrons. The Bertz CT molecular complexity index is 3360. The number of sulfonamides is 2. The Morgan fingerprint density at radius 2 is 1.03 bits per heavy atom. The van der Waals surface area contributed by atoms with Crippen LogP contribution in [0.4, 0.5) is 9.59 Å². The van der Waals surface area contributed by atoms with E-state index in [2.05, 4.69) is 44.5 Å². The number of nitrogens with one attached hydrogen (secondary N) is 2. The summed E-state index contributed by atoms with van der Waals surface area (Å²) in [7, 11) is -9.94. The van der Waals surface area contributed by atoms with E-state index in [9.17, 15) is 41.7 Å². The average molecular weight is 1360 g/mol. The molecule has 0 aliphatic carbocycles. The lowest BCUT2D eigenvalue weighted by Gasteiger charge is -2.36. The van der Waals surface area contributed by atoms with Crippen molar-refractivity contribution < 1.29 is 98.3 Å². The van der Waals surface area contributed by atoms with Gasteiger partial charge in [0.1, 0.15) is 23.7 Å². The molecule has 4 fully saturated rings. The molecule has 0 unspecified atom stereocenters. The molecule has 0 spiro atoms. The van der Waals surface area contributed by atoms with Gasteiger partial charge in [0.2, 0.25) is 33.6 Å². The SMILES string of the molecule is CC(C)CN(C[C@@H](O)[C@H](Cc1ccc(O)cc1)NC(=O)O[C@H]1CO[C@H]2OCC[C@H]21)S(=O)(=O)c1ccc2c(c1)OCO2.CC(C)CN(C[C@@H](O)[C@H](Cc1ccc(OCCCO[Si](C)(C)C(C)(C)C)cc1)NC(=O)O[C@H]1CO[C@H]2OCC[C@H]21)S(=O)(=O)c1ccc2c(c1)OCO2. The summed E-state index contributed by atoms with van der Waals surface area (Å²) >= 11 is 0. The maximum atomic E-state index is 14.0. The number of hydrogen-bond acceptors (Lipinski definition) is 21. The zero-order chi connectivity index (χ0) is 66.8. The van der Waals surface area contributed by atoms with Gasteiger partial charge >= 0.3 is 12.2 Å². The summed E-state index contributed by atoms with van der Waals surface area (Å²) in [6.45, 7) is 21.0. The van der Waals surface area contributed by atoms with Crippen LogP contribution < -0.4 is 34.3 Å². The molecule has 10 rings (SSSR count). The Morgan fingerprint density at radius 3 is 1.46 bits per heavy atom. The van der Waals surface area contributed by atoms with E-state index in [-0.39, 0.29) is 110 Å². The number of aliphatic hydroxyl groups excluding tert-OH is 2. The summed E-state index contributed by atoms with van der Waals surface area (Å²) in [5.74, 6) is 2.13. The number of benzene rings is 4. The van der Waals surface area contributed by atoms with Gasteiger partial charge in [-0.05, 0) is 115 Å². The Hall–Kier alpha value is -6.02. The van der Waals surface area contributed by atoms with Gasteiger partial charge in [0.15, 0.2) is 43.9 Å². The lowest BCUT2D eigenvalue weighted by Crippen LogP contribution is -2.51. The van der Waals surface area contributed by atoms with Crippen LogP contribution in [-0.2, 0) is 65.7 Å². The molecule has 6 heterocycles. The number of ether oxygens (including phenoxy) is 11. The fourth-order valence-electron chi connectivity index (χ4n) is 11.4. The van der Waals surface area contributed by atoms with Crippen molar-refractivity contribution in [2.75, 3.05) is 79.4 Å². The first-order chi connectivity index (χ1) is 44.1. The van der Waals surface area contributed by atoms with Gasteiger partial charge in [-0.25, -0.2) is 26.4 Å². The summed E-state index contributed by atoms with van der Waals surface area (Å²) in [6, 6.07) is 20.8. The minimum atomic E-state index is -4.07. The first-order valence-electron chi connectivity index (χ1n) is 31.8. The van der Waals surface area contributed by atoms with Crippen molar-refractivity contribution in [3.63, 3.8) is 0 Å². The number of aromatic hydroxyl groups is 1. The van der Waals surface area contributed by atoms with Crippen molar-refractivity contribution in [1.82, 2.24) is 19.2 Å². The van der Waals surface area contributed by atoms with Crippen LogP contribution in [0.15, 0.2) is 94.7 Å². The summed E-state index contributed by atoms with van der Waals surface area (Å²) < 4.78 is 125. The van der Waals surface area contributed by atoms with E-state index in [1.807, 2.05) is 52.0 Å². The second kappa shape index (κ2) is 31.2. The number of phenols is 1. The van der Waals surface area contributed by atoms with Crippen LogP contribution in [0.5, 0.6) is 34.5 Å². The van der Waals surface area contributed by atoms with Crippen LogP contribution in [0.3, 0.4) is 0 Å². The summed E-state index contributed by atoms with van der Waals surface area (Å²) in [4.78, 5) is 26.3. The third-order valence-electron chi connectivity index (χ3n) is 17.5. The van der Waals surface area contributed by atoms with Crippen LogP contribution in [0, 0.1) is 23.7 Å². The van der Waals surface area contributed by atoms with Gasteiger partial charge in [-0.1, -0.05) is 72.7 Å². The molecule has 4 saturated heterocycles. The van der Waals surface area contributed by atoms with Crippen molar-refractivity contribution >= 4 is 40.6 Å². The minimum absolute atomic E-state index is 0.00613. The first-order valence-corrected chi connectivity index (χ1v) is 37.6. The van der Waals surface area contributed by atoms with Gasteiger partial charge < -0.3 is 82.5 Å². The molecule has 5 N–H and O–H groups in total. The molecule has 6 aliphatic rings. The molecule has 25 nitrogen and oxygen atoms in total. The summed E-state index contributed by atoms with van der Waals surface area (Å²) in [6.07, 6.45) is -3.28. The molecule has 6 aliphatic heterocycles. The van der Waals surface area contributed by atoms with Crippen molar-refractivity contribution in [3.05, 3.63) is 96.1 Å². The predicted molar refractivity (Wildman–Crippen MR) is 342 cm³/mol. The van der Waals surface area contributed by atoms with Crippen molar-refractivity contribution in [3.8, 4) is 34.5 Å². The van der Waals surface area contributed by atoms with Gasteiger partial charge in [-0.2, -0.15) is 8.61 Å². The molecular formula is C65H92N4O21S2Si. The van der Waals surface area contributed by atoms with Crippen molar-refractivity contribution in [2.45, 2.75) is 158 Å². The number of nitrogens with zero attached hydrogens (tertiary/aromatic N) is 2. The molecule has 4 aromatic rings. The molecule has 2 amide bonds. The monoisotopic (exact) mass is 1360 g/mol. The van der Waals surface area contributed by atoms with Gasteiger partial charge in [0.05, 0.1) is 79.0 Å². The number of hydrogen-bond donors (Lipinski definition) is 5. The third-order valence-corrected chi connectivity index (χ3v) is 25.7. The van der Waals surface area contributed by atoms with Gasteiger partial charge in [0, 0.05) is 51.3 Å². The number of carbonyl (C=O) groups is 2. The number of fused-ring (bicyclic) bond motifs is 4. The average Bonchev–Trinajstić information content (AvgIpc) is 1.88. The molecule has 4 aromatic carbocycles. The second-order valence-electron chi connectivity index (χ2n) is 26.6. The fraction of sp³-hybridized carbons (Fsp3) is 0.600. The first kappa shape index (κ1) is 71.3. The maximum absolute atomic E-state index is 14.0. The summed E-state index contributed by atoms with van der Waals surface area (Å²) in [5, 5.41) is 38.5. The predicted octanol–water partition coefficient (Wildman–Crippen LogP) is 7.54. The Morgan fingerprint density at radius 1 is 0.602 bits per heavy atom. The highest BCUT2D eigenvalue weighted by Gasteiger charge is 2.46. The number of alkyl carbamates (subject to hydrolysis) is 2. The number of amides is 2. The molecule has 28 heteroatoms. The van der Waals surface area contributed by atoms with Crippen LogP contribution in [0.2, 0.25) is 18.1 Å². The summed E-state index contributed by atoms with van der Waals surface area (Å²) in [5.41, 5.74) is 1.52. The molecule has 514 valence electrons. The standard InChI is InChI=1S/C37H56N2O11SSi.C28H36N2O10S/c1-25(2)21-39(51(42,43)28-13-14-32-33(20-28)48-24-47-32)22-31(40)30(38-36(41)50-34-23-46-35-29(34)15-18-45-35)19-26-9-11-27(12-10-26)44-16-8-17-49-52(6,7)37(3,4)5;1-17(2)13-30(41(34,35)20-7-8-24-25(12-20)39-16-38-24)14-23(32)22(11-18-3-5-19(31)6-4-18)29-28(33)40-26-15-37-27-21(26)9-10-36-27/h9-14,20,25,29-31,34-35,40H,8,15-19,21-24H2,1-7H3,(H,38,41);3-8,12,17,21-23,26-27,31-32H,9-11,13-16H2,1-2H3,(H,29,33)/t29-,30-,31+,34-,35+;21-,22-,23+,26-,27+/m00/s1. The van der Waals surface area contributed by atoms with Gasteiger partial charge in [-0.15, -0.1) is 0 Å². The molecular weight excluding hydrogens is 1260 g/mol. The minimum Gasteiger partial charge on any atom is -0.508 e. The Labute approximate surface area is 546 Å². The quantitative estimate of drug-likeness (QED) is 0.0271. The molecule has 10 atom stereocenters. The zero-order valence-corrected chi connectivity index (χ0v) is 57.1. The number of carbonyl (C=O) groups excluding carboxylic acids is 2.